The van der Waals surface area contributed by atoms with E-state index in [0.29, 0.717) is 18.3 Å². The molecule has 1 aliphatic heterocycles. The molecule has 7 heteroatoms. The van der Waals surface area contributed by atoms with E-state index in [1.54, 1.807) is 35.2 Å². The molecule has 0 bridgehead atoms. The smallest absolute Gasteiger partial charge is 0.186 e. The number of aliphatic hydroxyl groups excluding tert-OH is 1. The van der Waals surface area contributed by atoms with Crippen LogP contribution in [0.3, 0.4) is 0 Å². The van der Waals surface area contributed by atoms with E-state index < -0.39 is 0 Å². The van der Waals surface area contributed by atoms with Gasteiger partial charge in [-0.3, -0.25) is 0 Å². The number of piperidine rings is 1. The van der Waals surface area contributed by atoms with Crippen LogP contribution in [0.5, 0.6) is 0 Å². The zero-order valence-corrected chi connectivity index (χ0v) is 18.1. The first-order valence-corrected chi connectivity index (χ1v) is 11.8. The van der Waals surface area contributed by atoms with Gasteiger partial charge >= 0.3 is 0 Å². The number of fused-ring (bicyclic) bond motifs is 1. The number of thiazole rings is 1. The second-order valence-corrected chi connectivity index (χ2v) is 9.63. The maximum atomic E-state index is 13.0. The van der Waals surface area contributed by atoms with E-state index in [0.717, 1.165) is 41.5 Å². The van der Waals surface area contributed by atoms with Gasteiger partial charge in [0.05, 0.1) is 16.3 Å². The van der Waals surface area contributed by atoms with Gasteiger partial charge in [0.2, 0.25) is 0 Å². The van der Waals surface area contributed by atoms with Crippen molar-refractivity contribution in [1.29, 1.82) is 0 Å². The van der Waals surface area contributed by atoms with Gasteiger partial charge in [0, 0.05) is 43.4 Å². The van der Waals surface area contributed by atoms with Crippen molar-refractivity contribution in [2.24, 2.45) is 0 Å². The lowest BCUT2D eigenvalue weighted by atomic mass is 10.0. The molecule has 0 aliphatic carbocycles. The van der Waals surface area contributed by atoms with Crippen molar-refractivity contribution in [3.05, 3.63) is 54.3 Å². The molecular formula is C22H26FN3OS2. The van der Waals surface area contributed by atoms with Crippen LogP contribution in [-0.2, 0) is 0 Å². The zero-order valence-electron chi connectivity index (χ0n) is 16.5. The van der Waals surface area contributed by atoms with Crippen LogP contribution in [0.4, 0.5) is 9.52 Å². The van der Waals surface area contributed by atoms with Gasteiger partial charge in [-0.1, -0.05) is 23.5 Å². The van der Waals surface area contributed by atoms with Crippen LogP contribution in [0.2, 0.25) is 0 Å². The van der Waals surface area contributed by atoms with Crippen molar-refractivity contribution in [3.8, 4) is 0 Å². The van der Waals surface area contributed by atoms with Crippen LogP contribution in [-0.4, -0.2) is 59.6 Å². The summed E-state index contributed by atoms with van der Waals surface area (Å²) in [6.07, 6.45) is 1.76. The molecule has 1 fully saturated rings. The van der Waals surface area contributed by atoms with Gasteiger partial charge in [0.15, 0.2) is 5.13 Å². The quantitative estimate of drug-likeness (QED) is 0.558. The van der Waals surface area contributed by atoms with Crippen LogP contribution >= 0.6 is 23.1 Å². The predicted octanol–water partition coefficient (Wildman–Crippen LogP) is 4.49. The molecule has 1 N–H and O–H groups in total. The first-order valence-electron chi connectivity index (χ1n) is 9.95. The van der Waals surface area contributed by atoms with Crippen LogP contribution in [0, 0.1) is 5.82 Å². The number of aliphatic hydroxyl groups is 1. The fraction of sp³-hybridized carbons (Fsp3) is 0.409. The number of hydrogen-bond donors (Lipinski definition) is 1. The maximum absolute atomic E-state index is 13.0. The minimum Gasteiger partial charge on any atom is -0.391 e. The summed E-state index contributed by atoms with van der Waals surface area (Å²) in [5.41, 5.74) is 1.07. The third-order valence-electron chi connectivity index (χ3n) is 5.41. The number of aromatic nitrogens is 1. The van der Waals surface area contributed by atoms with E-state index in [4.69, 9.17) is 4.98 Å². The molecule has 0 spiro atoms. The van der Waals surface area contributed by atoms with E-state index in [9.17, 15) is 9.50 Å². The fourth-order valence-corrected chi connectivity index (χ4v) is 5.55. The number of thioether (sulfide) groups is 1. The number of hydrogen-bond acceptors (Lipinski definition) is 6. The molecule has 29 heavy (non-hydrogen) atoms. The van der Waals surface area contributed by atoms with Crippen molar-refractivity contribution in [2.45, 2.75) is 29.9 Å². The molecule has 4 nitrogen and oxygen atoms in total. The second-order valence-electron chi connectivity index (χ2n) is 7.53. The Morgan fingerprint density at radius 2 is 1.93 bits per heavy atom. The summed E-state index contributed by atoms with van der Waals surface area (Å²) >= 11 is 3.32. The summed E-state index contributed by atoms with van der Waals surface area (Å²) in [7, 11) is 2.15. The number of anilines is 1. The van der Waals surface area contributed by atoms with Crippen molar-refractivity contribution in [3.63, 3.8) is 0 Å². The monoisotopic (exact) mass is 431 g/mol. The van der Waals surface area contributed by atoms with E-state index >= 15 is 0 Å². The second kappa shape index (κ2) is 9.43. The van der Waals surface area contributed by atoms with Crippen molar-refractivity contribution in [2.75, 3.05) is 37.3 Å². The molecule has 1 aliphatic rings. The maximum Gasteiger partial charge on any atom is 0.186 e. The molecule has 0 saturated carbocycles. The Hall–Kier alpha value is -1.67. The Morgan fingerprint density at radius 3 is 2.66 bits per heavy atom. The third kappa shape index (κ3) is 5.28. The topological polar surface area (TPSA) is 39.6 Å². The molecule has 4 rings (SSSR count). The molecular weight excluding hydrogens is 405 g/mol. The Kier molecular flexibility index (Phi) is 6.70. The standard InChI is InChI=1S/C22H26FN3OS2/c1-25(22-24-20-4-2-3-5-21(20)29-22)17-10-12-26(13-11-17)14-18(27)15-28-19-8-6-16(23)7-9-19/h2-9,17-18,27H,10-15H2,1H3. The number of para-hydroxylation sites is 1. The SMILES string of the molecule is CN(c1nc2ccccc2s1)C1CCN(CC(O)CSc2ccc(F)cc2)CC1. The molecule has 0 radical (unpaired) electrons. The minimum absolute atomic E-state index is 0.228. The Labute approximate surface area is 179 Å². The summed E-state index contributed by atoms with van der Waals surface area (Å²) < 4.78 is 14.2. The van der Waals surface area contributed by atoms with Crippen LogP contribution in [0.1, 0.15) is 12.8 Å². The average molecular weight is 432 g/mol. The highest BCUT2D eigenvalue weighted by molar-refractivity contribution is 7.99. The Bertz CT molecular complexity index is 892. The van der Waals surface area contributed by atoms with Gasteiger partial charge < -0.3 is 14.9 Å². The van der Waals surface area contributed by atoms with E-state index in [1.807, 2.05) is 6.07 Å². The fourth-order valence-electron chi connectivity index (χ4n) is 3.73. The van der Waals surface area contributed by atoms with E-state index in [2.05, 4.69) is 35.0 Å². The van der Waals surface area contributed by atoms with Crippen molar-refractivity contribution < 1.29 is 9.50 Å². The summed E-state index contributed by atoms with van der Waals surface area (Å²) in [4.78, 5) is 10.4. The molecule has 154 valence electrons. The number of nitrogens with zero attached hydrogens (tertiary/aromatic N) is 3. The summed E-state index contributed by atoms with van der Waals surface area (Å²) in [6.45, 7) is 2.65. The highest BCUT2D eigenvalue weighted by Gasteiger charge is 2.25. The highest BCUT2D eigenvalue weighted by atomic mass is 32.2. The Balaban J connectivity index is 1.23. The first kappa shape index (κ1) is 20.6. The Morgan fingerprint density at radius 1 is 1.21 bits per heavy atom. The zero-order chi connectivity index (χ0) is 20.2. The molecule has 2 heterocycles. The molecule has 1 saturated heterocycles. The summed E-state index contributed by atoms with van der Waals surface area (Å²) in [5, 5.41) is 11.5. The number of β-amino-alcohol motifs (C(OH)–C–C–N with tert-alkyl or cyclic N) is 1. The number of likely N-dealkylation sites (tertiary alicyclic amines) is 1. The minimum atomic E-state index is -0.386. The normalized spacial score (nSPS) is 16.9. The third-order valence-corrected chi connectivity index (χ3v) is 7.70. The lowest BCUT2D eigenvalue weighted by molar-refractivity contribution is 0.112. The van der Waals surface area contributed by atoms with Gasteiger partial charge in [-0.15, -0.1) is 11.8 Å². The molecule has 1 atom stereocenters. The molecule has 2 aromatic carbocycles. The van der Waals surface area contributed by atoms with Crippen molar-refractivity contribution >= 4 is 38.4 Å². The summed E-state index contributed by atoms with van der Waals surface area (Å²) in [5.74, 6) is 0.394. The highest BCUT2D eigenvalue weighted by Crippen LogP contribution is 2.31. The predicted molar refractivity (Wildman–Crippen MR) is 121 cm³/mol. The molecule has 3 aromatic rings. The number of benzene rings is 2. The van der Waals surface area contributed by atoms with Gasteiger partial charge in [-0.25, -0.2) is 9.37 Å². The average Bonchev–Trinajstić information content (AvgIpc) is 3.18. The van der Waals surface area contributed by atoms with Crippen molar-refractivity contribution in [1.82, 2.24) is 9.88 Å². The number of rotatable bonds is 7. The van der Waals surface area contributed by atoms with Crippen LogP contribution < -0.4 is 4.90 Å². The largest absolute Gasteiger partial charge is 0.391 e. The summed E-state index contributed by atoms with van der Waals surface area (Å²) in [6, 6.07) is 15.2. The van der Waals surface area contributed by atoms with Gasteiger partial charge in [0.25, 0.3) is 0 Å². The number of halogens is 1. The molecule has 0 amide bonds. The van der Waals surface area contributed by atoms with Crippen LogP contribution in [0.25, 0.3) is 10.2 Å². The molecule has 1 unspecified atom stereocenters. The van der Waals surface area contributed by atoms with Gasteiger partial charge in [0.1, 0.15) is 5.82 Å². The van der Waals surface area contributed by atoms with Gasteiger partial charge in [-0.05, 0) is 49.2 Å². The lowest BCUT2D eigenvalue weighted by Gasteiger charge is -2.37. The lowest BCUT2D eigenvalue weighted by Crippen LogP contribution is -2.45. The van der Waals surface area contributed by atoms with Crippen LogP contribution in [0.15, 0.2) is 53.4 Å². The molecule has 1 aromatic heterocycles. The first-order chi connectivity index (χ1) is 14.1. The van der Waals surface area contributed by atoms with E-state index in [1.165, 1.54) is 16.8 Å². The van der Waals surface area contributed by atoms with E-state index in [-0.39, 0.29) is 11.9 Å². The van der Waals surface area contributed by atoms with Gasteiger partial charge in [-0.2, -0.15) is 0 Å².